The Morgan fingerprint density at radius 2 is 2.11 bits per heavy atom. The van der Waals surface area contributed by atoms with Gasteiger partial charge < -0.3 is 14.5 Å². The van der Waals surface area contributed by atoms with Crippen molar-refractivity contribution in [3.63, 3.8) is 0 Å². The van der Waals surface area contributed by atoms with Crippen LogP contribution in [0.5, 0.6) is 5.75 Å². The van der Waals surface area contributed by atoms with Crippen LogP contribution in [0.1, 0.15) is 31.5 Å². The van der Waals surface area contributed by atoms with E-state index in [0.29, 0.717) is 17.9 Å². The summed E-state index contributed by atoms with van der Waals surface area (Å²) in [5.74, 6) is 0.224. The van der Waals surface area contributed by atoms with E-state index >= 15 is 0 Å². The van der Waals surface area contributed by atoms with Crippen molar-refractivity contribution in [2.75, 3.05) is 0 Å². The molecule has 0 aliphatic carbocycles. The summed E-state index contributed by atoms with van der Waals surface area (Å²) in [4.78, 5) is 28.2. The van der Waals surface area contributed by atoms with Gasteiger partial charge in [0.15, 0.2) is 6.10 Å². The minimum absolute atomic E-state index is 0.248. The minimum atomic E-state index is -0.697. The molecule has 2 aromatic heterocycles. The van der Waals surface area contributed by atoms with Crippen LogP contribution in [-0.4, -0.2) is 17.0 Å². The number of carbonyl (C=O) groups excluding carboxylic acids is 1. The first kappa shape index (κ1) is 18.6. The van der Waals surface area contributed by atoms with Gasteiger partial charge >= 0.3 is 5.63 Å². The molecule has 0 bridgehead atoms. The van der Waals surface area contributed by atoms with Crippen molar-refractivity contribution in [3.8, 4) is 5.75 Å². The fourth-order valence-corrected chi connectivity index (χ4v) is 2.84. The highest BCUT2D eigenvalue weighted by atomic mass is 16.5. The summed E-state index contributed by atoms with van der Waals surface area (Å²) in [7, 11) is 0. The van der Waals surface area contributed by atoms with Crippen molar-refractivity contribution >= 4 is 16.9 Å². The molecule has 27 heavy (non-hydrogen) atoms. The van der Waals surface area contributed by atoms with E-state index < -0.39 is 6.10 Å². The average Bonchev–Trinajstić information content (AvgIpc) is 2.66. The molecule has 0 radical (unpaired) electrons. The number of fused-ring (bicyclic) bond motifs is 1. The molecule has 1 N–H and O–H groups in total. The van der Waals surface area contributed by atoms with E-state index in [1.54, 1.807) is 25.3 Å². The molecule has 0 saturated heterocycles. The summed E-state index contributed by atoms with van der Waals surface area (Å²) >= 11 is 0. The normalized spacial score (nSPS) is 11.9. The number of nitrogens with zero attached hydrogens (tertiary/aromatic N) is 1. The van der Waals surface area contributed by atoms with E-state index in [1.807, 2.05) is 24.3 Å². The van der Waals surface area contributed by atoms with Gasteiger partial charge in [0.2, 0.25) is 0 Å². The Balaban J connectivity index is 1.70. The molecule has 0 fully saturated rings. The number of nitrogens with one attached hydrogen (secondary N) is 1. The monoisotopic (exact) mass is 366 g/mol. The highest BCUT2D eigenvalue weighted by molar-refractivity contribution is 5.83. The maximum atomic E-state index is 12.2. The number of rotatable bonds is 7. The van der Waals surface area contributed by atoms with Crippen LogP contribution >= 0.6 is 0 Å². The second kappa shape index (κ2) is 8.49. The summed E-state index contributed by atoms with van der Waals surface area (Å²) in [6.07, 6.45) is 2.72. The van der Waals surface area contributed by atoms with Crippen LogP contribution in [0.25, 0.3) is 11.0 Å². The Morgan fingerprint density at radius 3 is 2.85 bits per heavy atom. The SMILES string of the molecule is CCCc1cc(=O)oc2cc(O[C@@H](C)C(=O)NCc3ccccn3)ccc12. The lowest BCUT2D eigenvalue weighted by Crippen LogP contribution is -2.36. The molecule has 0 saturated carbocycles. The van der Waals surface area contributed by atoms with Gasteiger partial charge in [0, 0.05) is 23.7 Å². The van der Waals surface area contributed by atoms with Crippen LogP contribution in [0.3, 0.4) is 0 Å². The van der Waals surface area contributed by atoms with E-state index in [9.17, 15) is 9.59 Å². The molecule has 3 aromatic rings. The van der Waals surface area contributed by atoms with Crippen LogP contribution in [-0.2, 0) is 17.8 Å². The van der Waals surface area contributed by atoms with Crippen molar-refractivity contribution in [1.29, 1.82) is 0 Å². The van der Waals surface area contributed by atoms with Crippen molar-refractivity contribution in [2.45, 2.75) is 39.3 Å². The zero-order valence-corrected chi connectivity index (χ0v) is 15.4. The molecule has 1 amide bonds. The third-order valence-corrected chi connectivity index (χ3v) is 4.17. The zero-order valence-electron chi connectivity index (χ0n) is 15.4. The van der Waals surface area contributed by atoms with Gasteiger partial charge in [0.25, 0.3) is 5.91 Å². The van der Waals surface area contributed by atoms with Gasteiger partial charge in [-0.05, 0) is 43.2 Å². The lowest BCUT2D eigenvalue weighted by Gasteiger charge is -2.15. The van der Waals surface area contributed by atoms with Gasteiger partial charge in [-0.1, -0.05) is 19.4 Å². The molecule has 6 heteroatoms. The maximum Gasteiger partial charge on any atom is 0.336 e. The number of hydrogen-bond donors (Lipinski definition) is 1. The van der Waals surface area contributed by atoms with E-state index in [4.69, 9.17) is 9.15 Å². The second-order valence-corrected chi connectivity index (χ2v) is 6.30. The van der Waals surface area contributed by atoms with E-state index in [1.165, 1.54) is 6.07 Å². The molecular weight excluding hydrogens is 344 g/mol. The van der Waals surface area contributed by atoms with Gasteiger partial charge in [-0.25, -0.2) is 4.79 Å². The van der Waals surface area contributed by atoms with Crippen LogP contribution in [0.15, 0.2) is 57.9 Å². The number of carbonyl (C=O) groups is 1. The maximum absolute atomic E-state index is 12.2. The summed E-state index contributed by atoms with van der Waals surface area (Å²) in [5.41, 5.74) is 1.80. The zero-order chi connectivity index (χ0) is 19.2. The van der Waals surface area contributed by atoms with E-state index in [2.05, 4.69) is 17.2 Å². The summed E-state index contributed by atoms with van der Waals surface area (Å²) in [6, 6.07) is 12.3. The number of aryl methyl sites for hydroxylation is 1. The molecule has 0 aliphatic heterocycles. The summed E-state index contributed by atoms with van der Waals surface area (Å²) < 4.78 is 11.0. The number of aromatic nitrogens is 1. The van der Waals surface area contributed by atoms with Crippen LogP contribution < -0.4 is 15.7 Å². The van der Waals surface area contributed by atoms with E-state index in [-0.39, 0.29) is 11.5 Å². The predicted molar refractivity (Wildman–Crippen MR) is 103 cm³/mol. The Kier molecular flexibility index (Phi) is 5.86. The first-order valence-electron chi connectivity index (χ1n) is 8.98. The van der Waals surface area contributed by atoms with Crippen molar-refractivity contribution in [1.82, 2.24) is 10.3 Å². The minimum Gasteiger partial charge on any atom is -0.481 e. The van der Waals surface area contributed by atoms with Gasteiger partial charge in [-0.15, -0.1) is 0 Å². The molecule has 2 heterocycles. The number of pyridine rings is 1. The molecule has 1 atom stereocenters. The standard InChI is InChI=1S/C21H22N2O4/c1-3-6-15-11-20(24)27-19-12-17(8-9-18(15)19)26-14(2)21(25)23-13-16-7-4-5-10-22-16/h4-5,7-12,14H,3,6,13H2,1-2H3,(H,23,25)/t14-/m0/s1. The number of benzene rings is 1. The van der Waals surface area contributed by atoms with Gasteiger partial charge in [-0.3, -0.25) is 9.78 Å². The smallest absolute Gasteiger partial charge is 0.336 e. The van der Waals surface area contributed by atoms with Crippen molar-refractivity contribution < 1.29 is 13.9 Å². The van der Waals surface area contributed by atoms with Gasteiger partial charge in [0.05, 0.1) is 12.2 Å². The predicted octanol–water partition coefficient (Wildman–Crippen LogP) is 3.22. The van der Waals surface area contributed by atoms with Gasteiger partial charge in [-0.2, -0.15) is 0 Å². The largest absolute Gasteiger partial charge is 0.481 e. The van der Waals surface area contributed by atoms with Crippen molar-refractivity contribution in [3.05, 3.63) is 70.3 Å². The second-order valence-electron chi connectivity index (χ2n) is 6.30. The Morgan fingerprint density at radius 1 is 1.26 bits per heavy atom. The van der Waals surface area contributed by atoms with Crippen molar-refractivity contribution in [2.24, 2.45) is 0 Å². The molecule has 3 rings (SSSR count). The Labute approximate surface area is 157 Å². The van der Waals surface area contributed by atoms with Crippen LogP contribution in [0.2, 0.25) is 0 Å². The highest BCUT2D eigenvalue weighted by Gasteiger charge is 2.15. The molecule has 0 aliphatic rings. The fourth-order valence-electron chi connectivity index (χ4n) is 2.84. The number of hydrogen-bond acceptors (Lipinski definition) is 5. The summed E-state index contributed by atoms with van der Waals surface area (Å²) in [6.45, 7) is 4.06. The topological polar surface area (TPSA) is 81.4 Å². The third-order valence-electron chi connectivity index (χ3n) is 4.17. The number of amides is 1. The Bertz CT molecular complexity index is 982. The van der Waals surface area contributed by atoms with Crippen LogP contribution in [0.4, 0.5) is 0 Å². The van der Waals surface area contributed by atoms with Gasteiger partial charge in [0.1, 0.15) is 11.3 Å². The molecule has 0 unspecified atom stereocenters. The molecule has 6 nitrogen and oxygen atoms in total. The Hall–Kier alpha value is -3.15. The first-order valence-corrected chi connectivity index (χ1v) is 8.98. The average molecular weight is 366 g/mol. The first-order chi connectivity index (χ1) is 13.1. The lowest BCUT2D eigenvalue weighted by atomic mass is 10.1. The number of ether oxygens (including phenoxy) is 1. The highest BCUT2D eigenvalue weighted by Crippen LogP contribution is 2.24. The molecule has 1 aromatic carbocycles. The van der Waals surface area contributed by atoms with E-state index in [0.717, 1.165) is 29.5 Å². The summed E-state index contributed by atoms with van der Waals surface area (Å²) in [5, 5.41) is 3.68. The van der Waals surface area contributed by atoms with Crippen LogP contribution in [0, 0.1) is 0 Å². The molecule has 140 valence electrons. The molecular formula is C21H22N2O4. The third kappa shape index (κ3) is 4.73. The quantitative estimate of drug-likeness (QED) is 0.649. The molecule has 0 spiro atoms. The fraction of sp³-hybridized carbons (Fsp3) is 0.286. The lowest BCUT2D eigenvalue weighted by molar-refractivity contribution is -0.127.